The Kier molecular flexibility index (Phi) is 4.41. The lowest BCUT2D eigenvalue weighted by molar-refractivity contribution is 0.102. The molecule has 2 rings (SSSR count). The van der Waals surface area contributed by atoms with E-state index in [0.29, 0.717) is 10.7 Å². The highest BCUT2D eigenvalue weighted by Crippen LogP contribution is 2.33. The molecule has 20 heavy (non-hydrogen) atoms. The van der Waals surface area contributed by atoms with Crippen molar-refractivity contribution >= 4 is 54.9 Å². The van der Waals surface area contributed by atoms with Crippen LogP contribution in [0.5, 0.6) is 0 Å². The van der Waals surface area contributed by atoms with Gasteiger partial charge < -0.3 is 5.32 Å². The molecule has 2 heterocycles. The first-order valence-corrected chi connectivity index (χ1v) is 8.42. The molecule has 0 saturated heterocycles. The number of aromatic nitrogens is 2. The van der Waals surface area contributed by atoms with Crippen LogP contribution in [0.15, 0.2) is 20.4 Å². The van der Waals surface area contributed by atoms with E-state index in [1.54, 1.807) is 6.07 Å². The van der Waals surface area contributed by atoms with Crippen molar-refractivity contribution < 1.29 is 4.79 Å². The average Bonchev–Trinajstić information content (AvgIpc) is 2.83. The van der Waals surface area contributed by atoms with Crippen LogP contribution >= 0.6 is 43.2 Å². The third kappa shape index (κ3) is 3.32. The molecule has 0 fully saturated rings. The summed E-state index contributed by atoms with van der Waals surface area (Å²) >= 11 is 8.17. The Hall–Kier alpha value is -0.660. The van der Waals surface area contributed by atoms with Gasteiger partial charge in [-0.1, -0.05) is 0 Å². The fourth-order valence-electron chi connectivity index (χ4n) is 1.74. The van der Waals surface area contributed by atoms with Crippen molar-refractivity contribution in [3.05, 3.63) is 31.0 Å². The maximum atomic E-state index is 12.3. The van der Waals surface area contributed by atoms with Gasteiger partial charge in [-0.15, -0.1) is 11.3 Å². The number of hydrogen-bond donors (Lipinski definition) is 1. The first-order valence-electron chi connectivity index (χ1n) is 6.02. The molecule has 0 saturated carbocycles. The number of halogens is 2. The van der Waals surface area contributed by atoms with Crippen molar-refractivity contribution in [3.63, 3.8) is 0 Å². The van der Waals surface area contributed by atoms with Crippen LogP contribution in [0.1, 0.15) is 36.1 Å². The number of hydrogen-bond acceptors (Lipinski definition) is 3. The number of amides is 1. The first kappa shape index (κ1) is 15.7. The molecule has 0 aliphatic heterocycles. The normalized spacial score (nSPS) is 11.7. The fraction of sp³-hybridized carbons (Fsp3) is 0.385. The molecule has 0 atom stereocenters. The highest BCUT2D eigenvalue weighted by molar-refractivity contribution is 9.13. The van der Waals surface area contributed by atoms with Gasteiger partial charge in [-0.25, -0.2) is 4.68 Å². The summed E-state index contributed by atoms with van der Waals surface area (Å²) in [6, 6.07) is 3.68. The minimum Gasteiger partial charge on any atom is -0.306 e. The molecule has 1 N–H and O–H groups in total. The van der Waals surface area contributed by atoms with Gasteiger partial charge in [-0.2, -0.15) is 5.10 Å². The molecule has 2 aromatic rings. The molecular weight excluding hydrogens is 406 g/mol. The number of anilines is 1. The molecule has 0 aliphatic carbocycles. The molecule has 0 unspecified atom stereocenters. The number of nitrogens with one attached hydrogen (secondary N) is 1. The van der Waals surface area contributed by atoms with E-state index in [-0.39, 0.29) is 11.4 Å². The molecule has 108 valence electrons. The second kappa shape index (κ2) is 5.61. The number of aryl methyl sites for hydroxylation is 1. The zero-order chi connectivity index (χ0) is 15.1. The van der Waals surface area contributed by atoms with E-state index >= 15 is 0 Å². The van der Waals surface area contributed by atoms with Gasteiger partial charge in [0.1, 0.15) is 5.82 Å². The topological polar surface area (TPSA) is 46.9 Å². The molecule has 1 amide bonds. The van der Waals surface area contributed by atoms with E-state index in [0.717, 1.165) is 14.0 Å². The van der Waals surface area contributed by atoms with Crippen LogP contribution in [0.25, 0.3) is 0 Å². The second-order valence-electron chi connectivity index (χ2n) is 5.44. The van der Waals surface area contributed by atoms with Gasteiger partial charge in [0.05, 0.1) is 19.9 Å². The Morgan fingerprint density at radius 2 is 2.00 bits per heavy atom. The van der Waals surface area contributed by atoms with Crippen molar-refractivity contribution in [2.24, 2.45) is 0 Å². The molecule has 0 spiro atoms. The smallest absolute Gasteiger partial charge is 0.266 e. The van der Waals surface area contributed by atoms with Gasteiger partial charge in [0.25, 0.3) is 5.91 Å². The maximum absolute atomic E-state index is 12.3. The SMILES string of the molecule is Cc1cc(NC(=O)c2cc(Br)c(Br)s2)n(C(C)(C)C)n1. The summed E-state index contributed by atoms with van der Waals surface area (Å²) in [6.07, 6.45) is 0. The summed E-state index contributed by atoms with van der Waals surface area (Å²) in [4.78, 5) is 12.9. The Labute approximate surface area is 138 Å². The van der Waals surface area contributed by atoms with E-state index in [1.807, 2.05) is 38.4 Å². The number of thiophene rings is 1. The van der Waals surface area contributed by atoms with Gasteiger partial charge in [-0.3, -0.25) is 4.79 Å². The predicted molar refractivity (Wildman–Crippen MR) is 89.6 cm³/mol. The average molecular weight is 421 g/mol. The molecule has 4 nitrogen and oxygen atoms in total. The van der Waals surface area contributed by atoms with Crippen molar-refractivity contribution in [2.75, 3.05) is 5.32 Å². The largest absolute Gasteiger partial charge is 0.306 e. The van der Waals surface area contributed by atoms with Crippen LogP contribution in [0.4, 0.5) is 5.82 Å². The quantitative estimate of drug-likeness (QED) is 0.759. The van der Waals surface area contributed by atoms with Crippen LogP contribution in [0.2, 0.25) is 0 Å². The molecule has 7 heteroatoms. The monoisotopic (exact) mass is 419 g/mol. The minimum atomic E-state index is -0.187. The first-order chi connectivity index (χ1) is 9.18. The molecule has 0 aliphatic rings. The Morgan fingerprint density at radius 1 is 1.35 bits per heavy atom. The van der Waals surface area contributed by atoms with E-state index in [2.05, 4.69) is 42.3 Å². The van der Waals surface area contributed by atoms with Gasteiger partial charge >= 0.3 is 0 Å². The lowest BCUT2D eigenvalue weighted by Crippen LogP contribution is -2.26. The molecule has 0 bridgehead atoms. The number of nitrogens with zero attached hydrogens (tertiary/aromatic N) is 2. The second-order valence-corrected chi connectivity index (χ2v) is 8.66. The van der Waals surface area contributed by atoms with Crippen molar-refractivity contribution in [3.8, 4) is 0 Å². The maximum Gasteiger partial charge on any atom is 0.266 e. The molecule has 0 radical (unpaired) electrons. The van der Waals surface area contributed by atoms with E-state index in [4.69, 9.17) is 0 Å². The van der Waals surface area contributed by atoms with E-state index in [1.165, 1.54) is 11.3 Å². The Morgan fingerprint density at radius 3 is 2.50 bits per heavy atom. The lowest BCUT2D eigenvalue weighted by atomic mass is 10.1. The van der Waals surface area contributed by atoms with Crippen molar-refractivity contribution in [1.82, 2.24) is 9.78 Å². The van der Waals surface area contributed by atoms with Crippen LogP contribution in [-0.2, 0) is 5.54 Å². The molecule has 0 aromatic carbocycles. The molecular formula is C13H15Br2N3OS. The Bertz CT molecular complexity index is 636. The van der Waals surface area contributed by atoms with Gasteiger partial charge in [0.15, 0.2) is 0 Å². The standard InChI is InChI=1S/C13H15Br2N3OS/c1-7-5-10(18(17-7)13(2,3)4)16-12(19)9-6-8(14)11(15)20-9/h5-6H,1-4H3,(H,16,19). The zero-order valence-corrected chi connectivity index (χ0v) is 15.6. The highest BCUT2D eigenvalue weighted by atomic mass is 79.9. The number of carbonyl (C=O) groups is 1. The summed E-state index contributed by atoms with van der Waals surface area (Å²) in [5.74, 6) is 0.576. The lowest BCUT2D eigenvalue weighted by Gasteiger charge is -2.22. The van der Waals surface area contributed by atoms with Crippen molar-refractivity contribution in [2.45, 2.75) is 33.2 Å². The van der Waals surface area contributed by atoms with Gasteiger partial charge in [0.2, 0.25) is 0 Å². The highest BCUT2D eigenvalue weighted by Gasteiger charge is 2.21. The summed E-state index contributed by atoms with van der Waals surface area (Å²) in [6.45, 7) is 8.06. The summed E-state index contributed by atoms with van der Waals surface area (Å²) in [7, 11) is 0. The summed E-state index contributed by atoms with van der Waals surface area (Å²) < 4.78 is 3.62. The fourth-order valence-corrected chi connectivity index (χ4v) is 3.67. The van der Waals surface area contributed by atoms with Crippen LogP contribution in [-0.4, -0.2) is 15.7 Å². The Balaban J connectivity index is 2.28. The molecule has 2 aromatic heterocycles. The van der Waals surface area contributed by atoms with E-state index in [9.17, 15) is 4.79 Å². The third-order valence-electron chi connectivity index (χ3n) is 2.58. The minimum absolute atomic E-state index is 0.133. The number of rotatable bonds is 2. The van der Waals surface area contributed by atoms with Crippen LogP contribution in [0.3, 0.4) is 0 Å². The van der Waals surface area contributed by atoms with Crippen LogP contribution < -0.4 is 5.32 Å². The third-order valence-corrected chi connectivity index (χ3v) is 5.83. The van der Waals surface area contributed by atoms with Gasteiger partial charge in [-0.05, 0) is 65.6 Å². The number of carbonyl (C=O) groups excluding carboxylic acids is 1. The summed E-state index contributed by atoms with van der Waals surface area (Å²) in [5.41, 5.74) is 0.691. The van der Waals surface area contributed by atoms with Crippen molar-refractivity contribution in [1.29, 1.82) is 0 Å². The zero-order valence-electron chi connectivity index (χ0n) is 11.6. The predicted octanol–water partition coefficient (Wildman–Crippen LogP) is 4.79. The summed E-state index contributed by atoms with van der Waals surface area (Å²) in [5, 5.41) is 7.36. The van der Waals surface area contributed by atoms with Crippen LogP contribution in [0, 0.1) is 6.92 Å². The van der Waals surface area contributed by atoms with E-state index < -0.39 is 0 Å². The van der Waals surface area contributed by atoms with Gasteiger partial charge in [0, 0.05) is 10.5 Å².